The van der Waals surface area contributed by atoms with Crippen molar-refractivity contribution in [2.75, 3.05) is 45.0 Å². The normalized spacial score (nSPS) is 20.8. The molecule has 2 aromatic rings. The maximum Gasteiger partial charge on any atom is 0.143 e. The van der Waals surface area contributed by atoms with Gasteiger partial charge in [-0.15, -0.1) is 0 Å². The average molecular weight is 472 g/mol. The van der Waals surface area contributed by atoms with Crippen molar-refractivity contribution in [1.29, 1.82) is 0 Å². The fraction of sp³-hybridized carbons (Fsp3) is 0.571. The van der Waals surface area contributed by atoms with Crippen LogP contribution in [0.5, 0.6) is 11.5 Å². The Bertz CT molecular complexity index is 774. The first-order chi connectivity index (χ1) is 16.5. The first kappa shape index (κ1) is 26.3. The summed E-state index contributed by atoms with van der Waals surface area (Å²) in [5.41, 5.74) is 1.79. The van der Waals surface area contributed by atoms with Gasteiger partial charge in [0.1, 0.15) is 23.7 Å². The van der Waals surface area contributed by atoms with Gasteiger partial charge in [0, 0.05) is 0 Å². The van der Waals surface area contributed by atoms with Gasteiger partial charge in [0.05, 0.1) is 51.0 Å². The van der Waals surface area contributed by atoms with E-state index < -0.39 is 0 Å². The number of hydrogen-bond donors (Lipinski definition) is 1. The zero-order valence-electron chi connectivity index (χ0n) is 21.1. The minimum absolute atomic E-state index is 0.0490. The van der Waals surface area contributed by atoms with Gasteiger partial charge in [0.25, 0.3) is 0 Å². The van der Waals surface area contributed by atoms with Crippen LogP contribution in [0.2, 0.25) is 0 Å². The Morgan fingerprint density at radius 2 is 1.06 bits per heavy atom. The van der Waals surface area contributed by atoms with E-state index in [1.165, 1.54) is 0 Å². The Balaban J connectivity index is 1.86. The molecule has 0 bridgehead atoms. The summed E-state index contributed by atoms with van der Waals surface area (Å²) in [5, 5.41) is 3.54. The molecule has 0 aliphatic carbocycles. The monoisotopic (exact) mass is 471 g/mol. The second-order valence-electron chi connectivity index (χ2n) is 9.62. The third kappa shape index (κ3) is 9.16. The summed E-state index contributed by atoms with van der Waals surface area (Å²) in [5.74, 6) is 2.58. The molecule has 0 fully saturated rings. The molecule has 6 nitrogen and oxygen atoms in total. The van der Waals surface area contributed by atoms with Gasteiger partial charge < -0.3 is 29.0 Å². The number of benzene rings is 2. The van der Waals surface area contributed by atoms with Crippen LogP contribution >= 0.6 is 0 Å². The summed E-state index contributed by atoms with van der Waals surface area (Å²) < 4.78 is 30.4. The SMILES string of the molecule is CC(C)C[C@@H]1COCCOCCOC[C@@H](CC(C)C)Oc2ccccc2Nc2ccccc2O1. The molecule has 188 valence electrons. The lowest BCUT2D eigenvalue weighted by molar-refractivity contribution is -0.0192. The van der Waals surface area contributed by atoms with Crippen LogP contribution in [-0.4, -0.2) is 51.8 Å². The summed E-state index contributed by atoms with van der Waals surface area (Å²) in [6.45, 7) is 12.0. The van der Waals surface area contributed by atoms with Gasteiger partial charge in [-0.25, -0.2) is 0 Å². The van der Waals surface area contributed by atoms with Crippen LogP contribution in [0.15, 0.2) is 48.5 Å². The van der Waals surface area contributed by atoms with Crippen molar-refractivity contribution in [2.45, 2.75) is 52.7 Å². The number of ether oxygens (including phenoxy) is 5. The molecule has 0 saturated heterocycles. The fourth-order valence-electron chi connectivity index (χ4n) is 3.97. The lowest BCUT2D eigenvalue weighted by Gasteiger charge is -2.25. The van der Waals surface area contributed by atoms with Crippen LogP contribution in [-0.2, 0) is 14.2 Å². The summed E-state index contributed by atoms with van der Waals surface area (Å²) in [6, 6.07) is 16.0. The zero-order chi connectivity index (χ0) is 24.2. The van der Waals surface area contributed by atoms with E-state index in [2.05, 4.69) is 33.0 Å². The third-order valence-corrected chi connectivity index (χ3v) is 5.45. The summed E-state index contributed by atoms with van der Waals surface area (Å²) in [7, 11) is 0. The number of fused-ring (bicyclic) bond motifs is 2. The van der Waals surface area contributed by atoms with Gasteiger partial charge in [-0.2, -0.15) is 0 Å². The minimum Gasteiger partial charge on any atom is -0.486 e. The number of para-hydroxylation sites is 4. The molecule has 6 heteroatoms. The molecule has 1 aliphatic heterocycles. The Morgan fingerprint density at radius 1 is 0.647 bits per heavy atom. The molecule has 0 aromatic heterocycles. The molecular weight excluding hydrogens is 430 g/mol. The first-order valence-electron chi connectivity index (χ1n) is 12.5. The molecular formula is C28H41NO5. The molecule has 3 rings (SSSR count). The molecule has 1 aliphatic rings. The highest BCUT2D eigenvalue weighted by Gasteiger charge is 2.18. The number of hydrogen-bond acceptors (Lipinski definition) is 6. The topological polar surface area (TPSA) is 58.2 Å². The van der Waals surface area contributed by atoms with E-state index in [4.69, 9.17) is 23.7 Å². The van der Waals surface area contributed by atoms with E-state index in [9.17, 15) is 0 Å². The van der Waals surface area contributed by atoms with E-state index in [0.717, 1.165) is 35.7 Å². The van der Waals surface area contributed by atoms with Gasteiger partial charge in [0.15, 0.2) is 0 Å². The maximum absolute atomic E-state index is 6.45. The summed E-state index contributed by atoms with van der Waals surface area (Å²) in [4.78, 5) is 0. The van der Waals surface area contributed by atoms with Crippen LogP contribution in [0.1, 0.15) is 40.5 Å². The van der Waals surface area contributed by atoms with E-state index in [1.807, 2.05) is 48.5 Å². The van der Waals surface area contributed by atoms with Gasteiger partial charge >= 0.3 is 0 Å². The highest BCUT2D eigenvalue weighted by molar-refractivity contribution is 5.70. The van der Waals surface area contributed by atoms with Gasteiger partial charge in [-0.3, -0.25) is 0 Å². The highest BCUT2D eigenvalue weighted by Crippen LogP contribution is 2.34. The van der Waals surface area contributed by atoms with Crippen molar-refractivity contribution in [3.05, 3.63) is 48.5 Å². The predicted octanol–water partition coefficient (Wildman–Crippen LogP) is 6.08. The Morgan fingerprint density at radius 3 is 1.50 bits per heavy atom. The van der Waals surface area contributed by atoms with Crippen molar-refractivity contribution in [3.8, 4) is 11.5 Å². The van der Waals surface area contributed by atoms with Crippen molar-refractivity contribution in [2.24, 2.45) is 11.8 Å². The first-order valence-corrected chi connectivity index (χ1v) is 12.5. The van der Waals surface area contributed by atoms with E-state index in [0.29, 0.717) is 51.5 Å². The number of anilines is 2. The smallest absolute Gasteiger partial charge is 0.143 e. The maximum atomic E-state index is 6.45. The zero-order valence-corrected chi connectivity index (χ0v) is 21.1. The molecule has 2 atom stereocenters. The molecule has 0 amide bonds. The van der Waals surface area contributed by atoms with Crippen LogP contribution in [0.4, 0.5) is 11.4 Å². The molecule has 1 heterocycles. The van der Waals surface area contributed by atoms with E-state index in [1.54, 1.807) is 0 Å². The Kier molecular flexibility index (Phi) is 11.0. The third-order valence-electron chi connectivity index (χ3n) is 5.45. The van der Waals surface area contributed by atoms with Crippen molar-refractivity contribution in [3.63, 3.8) is 0 Å². The molecule has 34 heavy (non-hydrogen) atoms. The molecule has 0 spiro atoms. The van der Waals surface area contributed by atoms with Crippen LogP contribution in [0.25, 0.3) is 0 Å². The highest BCUT2D eigenvalue weighted by atomic mass is 16.6. The lowest BCUT2D eigenvalue weighted by atomic mass is 10.1. The van der Waals surface area contributed by atoms with E-state index >= 15 is 0 Å². The molecule has 0 saturated carbocycles. The molecule has 0 unspecified atom stereocenters. The quantitative estimate of drug-likeness (QED) is 0.583. The minimum atomic E-state index is -0.0490. The predicted molar refractivity (Wildman–Crippen MR) is 136 cm³/mol. The standard InChI is InChI=1S/C28H41NO5/c1-21(2)17-23-19-31-15-13-30-14-16-32-20-24(18-22(3)4)34-28-12-8-6-10-26(28)29-25-9-5-7-11-27(25)33-23/h5-12,21-24,29H,13-20H2,1-4H3/t23-,24-/m1/s1. The fourth-order valence-corrected chi connectivity index (χ4v) is 3.97. The molecule has 0 radical (unpaired) electrons. The summed E-state index contributed by atoms with van der Waals surface area (Å²) >= 11 is 0. The number of nitrogens with one attached hydrogen (secondary N) is 1. The summed E-state index contributed by atoms with van der Waals surface area (Å²) in [6.07, 6.45) is 1.71. The van der Waals surface area contributed by atoms with Gasteiger partial charge in [-0.1, -0.05) is 52.0 Å². The molecule has 2 aromatic carbocycles. The van der Waals surface area contributed by atoms with Crippen molar-refractivity contribution in [1.82, 2.24) is 0 Å². The van der Waals surface area contributed by atoms with Crippen molar-refractivity contribution < 1.29 is 23.7 Å². The van der Waals surface area contributed by atoms with Gasteiger partial charge in [0.2, 0.25) is 0 Å². The lowest BCUT2D eigenvalue weighted by Crippen LogP contribution is -2.27. The second-order valence-corrected chi connectivity index (χ2v) is 9.62. The van der Waals surface area contributed by atoms with Crippen LogP contribution in [0, 0.1) is 11.8 Å². The number of rotatable bonds is 4. The average Bonchev–Trinajstić information content (AvgIpc) is 2.79. The second kappa shape index (κ2) is 14.2. The van der Waals surface area contributed by atoms with Crippen molar-refractivity contribution >= 4 is 11.4 Å². The molecule has 1 N–H and O–H groups in total. The van der Waals surface area contributed by atoms with E-state index in [-0.39, 0.29) is 12.2 Å². The van der Waals surface area contributed by atoms with Crippen LogP contribution < -0.4 is 14.8 Å². The van der Waals surface area contributed by atoms with Crippen LogP contribution in [0.3, 0.4) is 0 Å². The Labute approximate surface area is 204 Å². The van der Waals surface area contributed by atoms with Gasteiger partial charge in [-0.05, 0) is 48.9 Å². The largest absolute Gasteiger partial charge is 0.486 e. The Hall–Kier alpha value is -2.28.